The highest BCUT2D eigenvalue weighted by Crippen LogP contribution is 2.52. The number of benzene rings is 8. The van der Waals surface area contributed by atoms with Crippen LogP contribution in [0.1, 0.15) is 25.0 Å². The summed E-state index contributed by atoms with van der Waals surface area (Å²) in [6, 6.07) is 49.9. The fourth-order valence-corrected chi connectivity index (χ4v) is 7.73. The Balaban J connectivity index is 1.31. The highest BCUT2D eigenvalue weighted by molar-refractivity contribution is 6.25. The minimum absolute atomic E-state index is 0.122. The Labute approximate surface area is 239 Å². The van der Waals surface area contributed by atoms with Crippen molar-refractivity contribution in [2.45, 2.75) is 19.3 Å². The van der Waals surface area contributed by atoms with Gasteiger partial charge in [-0.15, -0.1) is 0 Å². The van der Waals surface area contributed by atoms with Gasteiger partial charge in [-0.05, 0) is 93.7 Å². The number of hydrogen-bond acceptors (Lipinski definition) is 0. The molecule has 0 fully saturated rings. The standard InChI is InChI=1S/C41H28/c1-41(2)36-15-4-3-13-33(36)34-14-7-10-27-19-22-32(40(41)39(27)34)30-12-6-11-29(24-30)31-21-18-28-17-16-25-8-5-9-26-20-23-35(31)38(28)37(25)26/h3-24H,1-2H3. The lowest BCUT2D eigenvalue weighted by Gasteiger charge is -2.37. The molecule has 1 aliphatic rings. The van der Waals surface area contributed by atoms with E-state index in [1.807, 2.05) is 0 Å². The Morgan fingerprint density at radius 3 is 1.76 bits per heavy atom. The first kappa shape index (κ1) is 22.8. The molecule has 0 heteroatoms. The van der Waals surface area contributed by atoms with E-state index in [9.17, 15) is 0 Å². The summed E-state index contributed by atoms with van der Waals surface area (Å²) in [4.78, 5) is 0. The van der Waals surface area contributed by atoms with Crippen LogP contribution in [0.4, 0.5) is 0 Å². The van der Waals surface area contributed by atoms with Gasteiger partial charge in [-0.2, -0.15) is 0 Å². The minimum atomic E-state index is -0.122. The predicted octanol–water partition coefficient (Wildman–Crippen LogP) is 11.4. The fourth-order valence-electron chi connectivity index (χ4n) is 7.73. The van der Waals surface area contributed by atoms with Gasteiger partial charge in [0.2, 0.25) is 0 Å². The van der Waals surface area contributed by atoms with Gasteiger partial charge in [0.15, 0.2) is 0 Å². The highest BCUT2D eigenvalue weighted by atomic mass is 14.4. The van der Waals surface area contributed by atoms with Crippen LogP contribution in [0.5, 0.6) is 0 Å². The Hall–Kier alpha value is -4.94. The molecule has 0 atom stereocenters. The van der Waals surface area contributed by atoms with Crippen LogP contribution in [0.3, 0.4) is 0 Å². The molecule has 1 aliphatic carbocycles. The summed E-state index contributed by atoms with van der Waals surface area (Å²) in [5, 5.41) is 10.7. The van der Waals surface area contributed by atoms with Crippen LogP contribution in [0, 0.1) is 0 Å². The normalized spacial score (nSPS) is 13.8. The van der Waals surface area contributed by atoms with Gasteiger partial charge in [-0.1, -0.05) is 141 Å². The molecule has 0 aliphatic heterocycles. The number of rotatable bonds is 2. The van der Waals surface area contributed by atoms with Gasteiger partial charge in [0.25, 0.3) is 0 Å². The quantitative estimate of drug-likeness (QED) is 0.199. The lowest BCUT2D eigenvalue weighted by molar-refractivity contribution is 0.647. The van der Waals surface area contributed by atoms with E-state index in [1.165, 1.54) is 87.6 Å². The molecule has 0 N–H and O–H groups in total. The van der Waals surface area contributed by atoms with Crippen molar-refractivity contribution >= 4 is 43.1 Å². The monoisotopic (exact) mass is 520 g/mol. The summed E-state index contributed by atoms with van der Waals surface area (Å²) in [7, 11) is 0. The van der Waals surface area contributed by atoms with E-state index in [0.29, 0.717) is 0 Å². The van der Waals surface area contributed by atoms with Gasteiger partial charge in [0.1, 0.15) is 0 Å². The van der Waals surface area contributed by atoms with Crippen LogP contribution in [0.15, 0.2) is 133 Å². The molecular weight excluding hydrogens is 492 g/mol. The SMILES string of the molecule is CC1(C)c2ccccc2-c2cccc3ccc(-c4cccc(-c5ccc6ccc7cccc8ccc5c6c78)c4)c1c23. The molecule has 0 nitrogen and oxygen atoms in total. The lowest BCUT2D eigenvalue weighted by Crippen LogP contribution is -2.24. The molecule has 0 saturated carbocycles. The largest absolute Gasteiger partial charge is 0.0619 e. The molecule has 0 heterocycles. The molecule has 192 valence electrons. The van der Waals surface area contributed by atoms with Crippen molar-refractivity contribution in [1.82, 2.24) is 0 Å². The summed E-state index contributed by atoms with van der Waals surface area (Å²) >= 11 is 0. The average molecular weight is 521 g/mol. The Kier molecular flexibility index (Phi) is 4.49. The van der Waals surface area contributed by atoms with Crippen LogP contribution in [-0.4, -0.2) is 0 Å². The molecule has 9 rings (SSSR count). The molecule has 8 aromatic rings. The van der Waals surface area contributed by atoms with E-state index in [2.05, 4.69) is 147 Å². The maximum atomic E-state index is 2.41. The van der Waals surface area contributed by atoms with Gasteiger partial charge in [-0.3, -0.25) is 0 Å². The first-order valence-corrected chi connectivity index (χ1v) is 14.5. The van der Waals surface area contributed by atoms with Gasteiger partial charge >= 0.3 is 0 Å². The molecule has 0 bridgehead atoms. The summed E-state index contributed by atoms with van der Waals surface area (Å²) < 4.78 is 0. The van der Waals surface area contributed by atoms with E-state index >= 15 is 0 Å². The van der Waals surface area contributed by atoms with Gasteiger partial charge in [0, 0.05) is 5.41 Å². The molecule has 0 spiro atoms. The second-order valence-electron chi connectivity index (χ2n) is 12.1. The van der Waals surface area contributed by atoms with Crippen molar-refractivity contribution in [2.75, 3.05) is 0 Å². The summed E-state index contributed by atoms with van der Waals surface area (Å²) in [5.41, 5.74) is 10.5. The molecule has 0 aromatic heterocycles. The molecule has 0 saturated heterocycles. The van der Waals surface area contributed by atoms with Crippen LogP contribution < -0.4 is 0 Å². The first-order chi connectivity index (χ1) is 20.1. The molecule has 0 amide bonds. The van der Waals surface area contributed by atoms with E-state index in [-0.39, 0.29) is 5.41 Å². The van der Waals surface area contributed by atoms with Crippen molar-refractivity contribution in [3.05, 3.63) is 145 Å². The maximum absolute atomic E-state index is 2.41. The Bertz CT molecular complexity index is 2320. The van der Waals surface area contributed by atoms with E-state index in [0.717, 1.165) is 0 Å². The zero-order chi connectivity index (χ0) is 27.3. The maximum Gasteiger partial charge on any atom is 0.0165 e. The van der Waals surface area contributed by atoms with Crippen LogP contribution in [0.25, 0.3) is 76.5 Å². The summed E-state index contributed by atoms with van der Waals surface area (Å²) in [6.07, 6.45) is 0. The van der Waals surface area contributed by atoms with Gasteiger partial charge in [-0.25, -0.2) is 0 Å². The Morgan fingerprint density at radius 2 is 0.951 bits per heavy atom. The topological polar surface area (TPSA) is 0 Å². The average Bonchev–Trinajstić information content (AvgIpc) is 3.02. The van der Waals surface area contributed by atoms with Crippen molar-refractivity contribution in [2.24, 2.45) is 0 Å². The molecule has 0 unspecified atom stereocenters. The zero-order valence-corrected chi connectivity index (χ0v) is 23.2. The highest BCUT2D eigenvalue weighted by Gasteiger charge is 2.35. The van der Waals surface area contributed by atoms with E-state index in [4.69, 9.17) is 0 Å². The smallest absolute Gasteiger partial charge is 0.0165 e. The van der Waals surface area contributed by atoms with Gasteiger partial charge in [0.05, 0.1) is 0 Å². The number of fused-ring (bicyclic) bond motifs is 2. The van der Waals surface area contributed by atoms with Crippen molar-refractivity contribution in [3.8, 4) is 33.4 Å². The van der Waals surface area contributed by atoms with Crippen LogP contribution in [-0.2, 0) is 5.41 Å². The van der Waals surface area contributed by atoms with Crippen molar-refractivity contribution < 1.29 is 0 Å². The predicted molar refractivity (Wildman–Crippen MR) is 176 cm³/mol. The van der Waals surface area contributed by atoms with E-state index in [1.54, 1.807) is 0 Å². The van der Waals surface area contributed by atoms with Crippen molar-refractivity contribution in [3.63, 3.8) is 0 Å². The third-order valence-electron chi connectivity index (χ3n) is 9.57. The Morgan fingerprint density at radius 1 is 0.390 bits per heavy atom. The molecule has 8 aromatic carbocycles. The molecule has 0 radical (unpaired) electrons. The second kappa shape index (κ2) is 8.05. The van der Waals surface area contributed by atoms with E-state index < -0.39 is 0 Å². The van der Waals surface area contributed by atoms with Gasteiger partial charge < -0.3 is 0 Å². The summed E-state index contributed by atoms with van der Waals surface area (Å²) in [5.74, 6) is 0. The molecular formula is C41H28. The minimum Gasteiger partial charge on any atom is -0.0619 e. The summed E-state index contributed by atoms with van der Waals surface area (Å²) in [6.45, 7) is 4.79. The first-order valence-electron chi connectivity index (χ1n) is 14.5. The van der Waals surface area contributed by atoms with Crippen molar-refractivity contribution in [1.29, 1.82) is 0 Å². The van der Waals surface area contributed by atoms with Crippen LogP contribution >= 0.6 is 0 Å². The lowest BCUT2D eigenvalue weighted by atomic mass is 9.66. The second-order valence-corrected chi connectivity index (χ2v) is 12.1. The molecule has 41 heavy (non-hydrogen) atoms. The third-order valence-corrected chi connectivity index (χ3v) is 9.57. The fraction of sp³-hybridized carbons (Fsp3) is 0.0732. The zero-order valence-electron chi connectivity index (χ0n) is 23.2. The third kappa shape index (κ3) is 3.05. The number of hydrogen-bond donors (Lipinski definition) is 0. The van der Waals surface area contributed by atoms with Crippen LogP contribution in [0.2, 0.25) is 0 Å².